The number of nitrogens with zero attached hydrogens (tertiary/aromatic N) is 1. The number of aliphatic hydroxyl groups excluding tert-OH is 1. The van der Waals surface area contributed by atoms with E-state index < -0.39 is 0 Å². The molecule has 0 saturated heterocycles. The number of benzene rings is 1. The zero-order valence-electron chi connectivity index (χ0n) is 12.6. The van der Waals surface area contributed by atoms with Crippen LogP contribution in [-0.4, -0.2) is 35.3 Å². The Hall–Kier alpha value is -1.92. The molecule has 0 spiro atoms. The summed E-state index contributed by atoms with van der Waals surface area (Å²) in [6.07, 6.45) is 1.38. The van der Waals surface area contributed by atoms with Crippen LogP contribution in [0.2, 0.25) is 0 Å². The minimum Gasteiger partial charge on any atom is -0.394 e. The first-order chi connectivity index (χ1) is 10.7. The average molecular weight is 319 g/mol. The zero-order chi connectivity index (χ0) is 15.8. The highest BCUT2D eigenvalue weighted by atomic mass is 32.1. The fraction of sp³-hybridized carbons (Fsp3) is 0.375. The Bertz CT molecular complexity index is 586. The second kappa shape index (κ2) is 8.51. The Labute approximate surface area is 134 Å². The lowest BCUT2D eigenvalue weighted by Gasteiger charge is -2.17. The van der Waals surface area contributed by atoms with Gasteiger partial charge in [-0.1, -0.05) is 30.3 Å². The van der Waals surface area contributed by atoms with E-state index in [1.54, 1.807) is 11.3 Å². The third kappa shape index (κ3) is 5.13. The Morgan fingerprint density at radius 3 is 2.77 bits per heavy atom. The SMILES string of the molecule is Cc1ncsc1CCNC(=O)NC(CO)Cc1ccccc1. The normalized spacial score (nSPS) is 11.9. The van der Waals surface area contributed by atoms with Crippen molar-refractivity contribution in [3.8, 4) is 0 Å². The van der Waals surface area contributed by atoms with E-state index in [9.17, 15) is 9.90 Å². The molecule has 2 amide bonds. The van der Waals surface area contributed by atoms with Gasteiger partial charge in [0.1, 0.15) is 0 Å². The first-order valence-electron chi connectivity index (χ1n) is 7.27. The number of aromatic nitrogens is 1. The summed E-state index contributed by atoms with van der Waals surface area (Å²) in [5, 5.41) is 15.0. The summed E-state index contributed by atoms with van der Waals surface area (Å²) < 4.78 is 0. The third-order valence-electron chi connectivity index (χ3n) is 3.36. The maximum Gasteiger partial charge on any atom is 0.315 e. The van der Waals surface area contributed by atoms with Crippen LogP contribution in [0.15, 0.2) is 35.8 Å². The molecule has 0 aliphatic rings. The molecule has 0 radical (unpaired) electrons. The van der Waals surface area contributed by atoms with Gasteiger partial charge in [0, 0.05) is 17.8 Å². The highest BCUT2D eigenvalue weighted by molar-refractivity contribution is 7.09. The predicted molar refractivity (Wildman–Crippen MR) is 88.1 cm³/mol. The molecule has 2 aromatic rings. The number of carbonyl (C=O) groups excluding carboxylic acids is 1. The Morgan fingerprint density at radius 2 is 2.14 bits per heavy atom. The van der Waals surface area contributed by atoms with Crippen LogP contribution in [0.5, 0.6) is 0 Å². The van der Waals surface area contributed by atoms with E-state index in [2.05, 4.69) is 15.6 Å². The number of hydrogen-bond acceptors (Lipinski definition) is 4. The predicted octanol–water partition coefficient (Wildman–Crippen LogP) is 1.90. The molecule has 5 nitrogen and oxygen atoms in total. The number of hydrogen-bond donors (Lipinski definition) is 3. The highest BCUT2D eigenvalue weighted by Crippen LogP contribution is 2.11. The number of carbonyl (C=O) groups is 1. The maximum atomic E-state index is 11.9. The number of rotatable bonds is 7. The van der Waals surface area contributed by atoms with Crippen molar-refractivity contribution < 1.29 is 9.90 Å². The van der Waals surface area contributed by atoms with Gasteiger partial charge in [0.2, 0.25) is 0 Å². The largest absolute Gasteiger partial charge is 0.394 e. The van der Waals surface area contributed by atoms with Gasteiger partial charge in [-0.05, 0) is 18.9 Å². The zero-order valence-corrected chi connectivity index (χ0v) is 13.4. The van der Waals surface area contributed by atoms with Gasteiger partial charge in [0.25, 0.3) is 0 Å². The van der Waals surface area contributed by atoms with Crippen molar-refractivity contribution in [2.45, 2.75) is 25.8 Å². The summed E-state index contributed by atoms with van der Waals surface area (Å²) >= 11 is 1.60. The first-order valence-corrected chi connectivity index (χ1v) is 8.15. The van der Waals surface area contributed by atoms with Gasteiger partial charge >= 0.3 is 6.03 Å². The smallest absolute Gasteiger partial charge is 0.315 e. The van der Waals surface area contributed by atoms with Crippen LogP contribution < -0.4 is 10.6 Å². The molecule has 0 fully saturated rings. The number of amides is 2. The van der Waals surface area contributed by atoms with Crippen molar-refractivity contribution in [3.63, 3.8) is 0 Å². The van der Waals surface area contributed by atoms with Gasteiger partial charge in [-0.3, -0.25) is 0 Å². The second-order valence-corrected chi connectivity index (χ2v) is 6.02. The van der Waals surface area contributed by atoms with Crippen LogP contribution in [0.4, 0.5) is 4.79 Å². The lowest BCUT2D eigenvalue weighted by atomic mass is 10.1. The minimum atomic E-state index is -0.285. The van der Waals surface area contributed by atoms with E-state index in [4.69, 9.17) is 0 Å². The minimum absolute atomic E-state index is 0.0870. The van der Waals surface area contributed by atoms with E-state index in [1.165, 1.54) is 4.88 Å². The van der Waals surface area contributed by atoms with Crippen molar-refractivity contribution in [3.05, 3.63) is 52.0 Å². The van der Waals surface area contributed by atoms with Crippen LogP contribution in [0.3, 0.4) is 0 Å². The molecule has 6 heteroatoms. The summed E-state index contributed by atoms with van der Waals surface area (Å²) in [5.74, 6) is 0. The topological polar surface area (TPSA) is 74.2 Å². The second-order valence-electron chi connectivity index (χ2n) is 5.08. The van der Waals surface area contributed by atoms with Crippen LogP contribution >= 0.6 is 11.3 Å². The standard InChI is InChI=1S/C16H21N3O2S/c1-12-15(22-11-18-12)7-8-17-16(21)19-14(10-20)9-13-5-3-2-4-6-13/h2-6,11,14,20H,7-10H2,1H3,(H2,17,19,21). The van der Waals surface area contributed by atoms with E-state index in [0.717, 1.165) is 17.7 Å². The Balaban J connectivity index is 1.74. The highest BCUT2D eigenvalue weighted by Gasteiger charge is 2.12. The maximum absolute atomic E-state index is 11.9. The first kappa shape index (κ1) is 16.5. The molecule has 0 saturated carbocycles. The molecular weight excluding hydrogens is 298 g/mol. The Morgan fingerprint density at radius 1 is 1.36 bits per heavy atom. The average Bonchev–Trinajstić information content (AvgIpc) is 2.93. The molecule has 1 atom stereocenters. The lowest BCUT2D eigenvalue weighted by Crippen LogP contribution is -2.45. The number of thiazole rings is 1. The van der Waals surface area contributed by atoms with Gasteiger partial charge in [-0.2, -0.15) is 0 Å². The fourth-order valence-electron chi connectivity index (χ4n) is 2.15. The van der Waals surface area contributed by atoms with Gasteiger partial charge in [0.05, 0.1) is 23.9 Å². The molecular formula is C16H21N3O2S. The summed E-state index contributed by atoms with van der Waals surface area (Å²) in [5.41, 5.74) is 3.92. The van der Waals surface area contributed by atoms with Gasteiger partial charge in [-0.15, -0.1) is 11.3 Å². The van der Waals surface area contributed by atoms with Crippen molar-refractivity contribution in [2.24, 2.45) is 0 Å². The summed E-state index contributed by atoms with van der Waals surface area (Å²) in [6, 6.07) is 9.26. The van der Waals surface area contributed by atoms with Crippen molar-refractivity contribution in [1.82, 2.24) is 15.6 Å². The number of aryl methyl sites for hydroxylation is 1. The van der Waals surface area contributed by atoms with E-state index >= 15 is 0 Å². The summed E-state index contributed by atoms with van der Waals surface area (Å²) in [4.78, 5) is 17.2. The third-order valence-corrected chi connectivity index (χ3v) is 4.36. The molecule has 1 heterocycles. The molecule has 0 aliphatic heterocycles. The molecule has 0 aliphatic carbocycles. The van der Waals surface area contributed by atoms with Crippen LogP contribution in [0.25, 0.3) is 0 Å². The van der Waals surface area contributed by atoms with E-state index in [-0.39, 0.29) is 18.7 Å². The molecule has 1 aromatic carbocycles. The van der Waals surface area contributed by atoms with Crippen LogP contribution in [0, 0.1) is 6.92 Å². The summed E-state index contributed by atoms with van der Waals surface area (Å²) in [6.45, 7) is 2.43. The van der Waals surface area contributed by atoms with Crippen LogP contribution in [0.1, 0.15) is 16.1 Å². The van der Waals surface area contributed by atoms with Crippen molar-refractivity contribution in [2.75, 3.05) is 13.2 Å². The molecule has 2 rings (SSSR count). The molecule has 118 valence electrons. The van der Waals surface area contributed by atoms with Gasteiger partial charge in [-0.25, -0.2) is 9.78 Å². The van der Waals surface area contributed by atoms with Gasteiger partial charge in [0.15, 0.2) is 0 Å². The van der Waals surface area contributed by atoms with E-state index in [1.807, 2.05) is 42.8 Å². The lowest BCUT2D eigenvalue weighted by molar-refractivity contribution is 0.216. The fourth-order valence-corrected chi connectivity index (χ4v) is 2.93. The molecule has 3 N–H and O–H groups in total. The van der Waals surface area contributed by atoms with Crippen LogP contribution in [-0.2, 0) is 12.8 Å². The Kier molecular flexibility index (Phi) is 6.36. The van der Waals surface area contributed by atoms with Gasteiger partial charge < -0.3 is 15.7 Å². The molecule has 0 bridgehead atoms. The van der Waals surface area contributed by atoms with E-state index in [0.29, 0.717) is 13.0 Å². The summed E-state index contributed by atoms with van der Waals surface area (Å²) in [7, 11) is 0. The monoisotopic (exact) mass is 319 g/mol. The molecule has 1 unspecified atom stereocenters. The molecule has 1 aromatic heterocycles. The van der Waals surface area contributed by atoms with Crippen molar-refractivity contribution in [1.29, 1.82) is 0 Å². The number of urea groups is 1. The quantitative estimate of drug-likeness (QED) is 0.730. The van der Waals surface area contributed by atoms with Crippen molar-refractivity contribution >= 4 is 17.4 Å². The number of nitrogens with one attached hydrogen (secondary N) is 2. The molecule has 22 heavy (non-hydrogen) atoms. The number of aliphatic hydroxyl groups is 1.